The SMILES string of the molecule is COC1(CNC(=O)c2ccc(S(=O)(=O)N3CCCC3)cc2)Cc2ccccc2C1. The molecule has 2 aromatic carbocycles. The minimum absolute atomic E-state index is 0.232. The van der Waals surface area contributed by atoms with Crippen LogP contribution in [0.1, 0.15) is 34.3 Å². The molecule has 1 aliphatic heterocycles. The van der Waals surface area contributed by atoms with E-state index in [0.29, 0.717) is 25.2 Å². The Hall–Kier alpha value is -2.22. The summed E-state index contributed by atoms with van der Waals surface area (Å²) >= 11 is 0. The fraction of sp³-hybridized carbons (Fsp3) is 0.409. The van der Waals surface area contributed by atoms with Gasteiger partial charge in [0, 0.05) is 45.1 Å². The number of sulfonamides is 1. The van der Waals surface area contributed by atoms with Crippen molar-refractivity contribution in [2.45, 2.75) is 36.2 Å². The van der Waals surface area contributed by atoms with Crippen molar-refractivity contribution in [2.75, 3.05) is 26.7 Å². The molecule has 0 bridgehead atoms. The number of ether oxygens (including phenoxy) is 1. The largest absolute Gasteiger partial charge is 0.376 e. The van der Waals surface area contributed by atoms with Gasteiger partial charge >= 0.3 is 0 Å². The van der Waals surface area contributed by atoms with E-state index in [0.717, 1.165) is 25.7 Å². The molecule has 0 spiro atoms. The molecule has 154 valence electrons. The first kappa shape index (κ1) is 20.1. The molecule has 0 atom stereocenters. The van der Waals surface area contributed by atoms with Crippen LogP contribution in [0.3, 0.4) is 0 Å². The summed E-state index contributed by atoms with van der Waals surface area (Å²) in [7, 11) is -1.79. The van der Waals surface area contributed by atoms with Crippen molar-refractivity contribution in [3.05, 3.63) is 65.2 Å². The molecule has 2 aliphatic rings. The van der Waals surface area contributed by atoms with Crippen molar-refractivity contribution in [2.24, 2.45) is 0 Å². The van der Waals surface area contributed by atoms with E-state index in [-0.39, 0.29) is 10.8 Å². The first-order valence-corrected chi connectivity index (χ1v) is 11.4. The van der Waals surface area contributed by atoms with Crippen LogP contribution in [0.2, 0.25) is 0 Å². The number of nitrogens with zero attached hydrogens (tertiary/aromatic N) is 1. The van der Waals surface area contributed by atoms with Crippen LogP contribution in [0.5, 0.6) is 0 Å². The molecule has 0 saturated carbocycles. The first-order chi connectivity index (χ1) is 13.9. The zero-order chi connectivity index (χ0) is 20.5. The molecule has 4 rings (SSSR count). The van der Waals surface area contributed by atoms with Crippen molar-refractivity contribution < 1.29 is 17.9 Å². The Morgan fingerprint density at radius 1 is 1.03 bits per heavy atom. The Labute approximate surface area is 171 Å². The minimum Gasteiger partial charge on any atom is -0.376 e. The third-order valence-corrected chi connectivity index (χ3v) is 7.88. The highest BCUT2D eigenvalue weighted by Gasteiger charge is 2.37. The van der Waals surface area contributed by atoms with Crippen molar-refractivity contribution in [1.29, 1.82) is 0 Å². The van der Waals surface area contributed by atoms with Gasteiger partial charge in [-0.25, -0.2) is 8.42 Å². The van der Waals surface area contributed by atoms with Crippen molar-refractivity contribution in [3.63, 3.8) is 0 Å². The molecule has 2 aromatic rings. The lowest BCUT2D eigenvalue weighted by atomic mass is 10.00. The van der Waals surface area contributed by atoms with E-state index < -0.39 is 15.6 Å². The number of amides is 1. The van der Waals surface area contributed by atoms with Gasteiger partial charge in [0.1, 0.15) is 0 Å². The van der Waals surface area contributed by atoms with Crippen molar-refractivity contribution >= 4 is 15.9 Å². The van der Waals surface area contributed by atoms with E-state index in [1.54, 1.807) is 19.2 Å². The van der Waals surface area contributed by atoms with Gasteiger partial charge < -0.3 is 10.1 Å². The maximum Gasteiger partial charge on any atom is 0.251 e. The van der Waals surface area contributed by atoms with Crippen LogP contribution in [0, 0.1) is 0 Å². The molecular weight excluding hydrogens is 388 g/mol. The Morgan fingerprint density at radius 2 is 1.62 bits per heavy atom. The second kappa shape index (κ2) is 7.89. The lowest BCUT2D eigenvalue weighted by molar-refractivity contribution is 0.000176. The lowest BCUT2D eigenvalue weighted by Crippen LogP contribution is -2.45. The highest BCUT2D eigenvalue weighted by atomic mass is 32.2. The van der Waals surface area contributed by atoms with Crippen LogP contribution in [0.4, 0.5) is 0 Å². The van der Waals surface area contributed by atoms with Crippen molar-refractivity contribution in [1.82, 2.24) is 9.62 Å². The normalized spacial score (nSPS) is 18.5. The molecule has 0 radical (unpaired) electrons. The van der Waals surface area contributed by atoms with Crippen LogP contribution in [0.15, 0.2) is 53.4 Å². The molecule has 1 heterocycles. The Morgan fingerprint density at radius 3 is 2.17 bits per heavy atom. The fourth-order valence-electron chi connectivity index (χ4n) is 4.20. The molecule has 0 aromatic heterocycles. The quantitative estimate of drug-likeness (QED) is 0.788. The average Bonchev–Trinajstić information content (AvgIpc) is 3.40. The van der Waals surface area contributed by atoms with Crippen LogP contribution < -0.4 is 5.32 Å². The standard InChI is InChI=1S/C22H26N2O4S/c1-28-22(14-18-6-2-3-7-19(18)15-22)16-23-21(25)17-8-10-20(11-9-17)29(26,27)24-12-4-5-13-24/h2-3,6-11H,4-5,12-16H2,1H3,(H,23,25). The van der Waals surface area contributed by atoms with E-state index in [2.05, 4.69) is 17.4 Å². The van der Waals surface area contributed by atoms with E-state index in [1.807, 2.05) is 12.1 Å². The van der Waals surface area contributed by atoms with Crippen molar-refractivity contribution in [3.8, 4) is 0 Å². The van der Waals surface area contributed by atoms with Gasteiger partial charge in [0.15, 0.2) is 0 Å². The van der Waals surface area contributed by atoms with Gasteiger partial charge in [-0.2, -0.15) is 4.31 Å². The highest BCUT2D eigenvalue weighted by Crippen LogP contribution is 2.32. The molecule has 1 N–H and O–H groups in total. The maximum absolute atomic E-state index is 12.6. The van der Waals surface area contributed by atoms with Crippen LogP contribution in [-0.4, -0.2) is 51.0 Å². The van der Waals surface area contributed by atoms with E-state index >= 15 is 0 Å². The molecule has 1 amide bonds. The molecule has 1 saturated heterocycles. The Balaban J connectivity index is 1.41. The molecule has 0 unspecified atom stereocenters. The highest BCUT2D eigenvalue weighted by molar-refractivity contribution is 7.89. The van der Waals surface area contributed by atoms with Gasteiger partial charge in [-0.15, -0.1) is 0 Å². The summed E-state index contributed by atoms with van der Waals surface area (Å²) in [5.74, 6) is -0.234. The summed E-state index contributed by atoms with van der Waals surface area (Å²) in [6.45, 7) is 1.52. The third-order valence-electron chi connectivity index (χ3n) is 5.97. The zero-order valence-corrected chi connectivity index (χ0v) is 17.4. The smallest absolute Gasteiger partial charge is 0.251 e. The van der Waals surface area contributed by atoms with Crippen LogP contribution in [-0.2, 0) is 27.6 Å². The van der Waals surface area contributed by atoms with Gasteiger partial charge in [0.05, 0.1) is 10.5 Å². The monoisotopic (exact) mass is 414 g/mol. The Bertz CT molecular complexity index is 971. The number of methoxy groups -OCH3 is 1. The summed E-state index contributed by atoms with van der Waals surface area (Å²) in [6.07, 6.45) is 3.30. The predicted octanol–water partition coefficient (Wildman–Crippen LogP) is 2.38. The maximum atomic E-state index is 12.6. The Kier molecular flexibility index (Phi) is 5.46. The number of benzene rings is 2. The van der Waals surface area contributed by atoms with Gasteiger partial charge in [-0.05, 0) is 48.2 Å². The molecule has 6 nitrogen and oxygen atoms in total. The summed E-state index contributed by atoms with van der Waals surface area (Å²) in [5, 5.41) is 2.96. The number of carbonyl (C=O) groups excluding carboxylic acids is 1. The summed E-state index contributed by atoms with van der Waals surface area (Å²) in [5.41, 5.74) is 2.49. The number of fused-ring (bicyclic) bond motifs is 1. The van der Waals surface area contributed by atoms with Gasteiger partial charge in [0.25, 0.3) is 5.91 Å². The third kappa shape index (κ3) is 3.95. The fourth-order valence-corrected chi connectivity index (χ4v) is 5.72. The lowest BCUT2D eigenvalue weighted by Gasteiger charge is -2.27. The molecular formula is C22H26N2O4S. The number of nitrogens with one attached hydrogen (secondary N) is 1. The molecule has 29 heavy (non-hydrogen) atoms. The van der Waals surface area contributed by atoms with E-state index in [4.69, 9.17) is 4.74 Å². The number of rotatable bonds is 6. The number of hydrogen-bond acceptors (Lipinski definition) is 4. The minimum atomic E-state index is -3.47. The second-order valence-electron chi connectivity index (χ2n) is 7.83. The summed E-state index contributed by atoms with van der Waals surface area (Å²) < 4.78 is 32.5. The van der Waals surface area contributed by atoms with Crippen LogP contribution >= 0.6 is 0 Å². The number of carbonyl (C=O) groups is 1. The van der Waals surface area contributed by atoms with Gasteiger partial charge in [-0.1, -0.05) is 24.3 Å². The van der Waals surface area contributed by atoms with E-state index in [1.165, 1.54) is 27.6 Å². The average molecular weight is 415 g/mol. The topological polar surface area (TPSA) is 75.7 Å². The molecule has 1 aliphatic carbocycles. The first-order valence-electron chi connectivity index (χ1n) is 9.94. The van der Waals surface area contributed by atoms with Crippen LogP contribution in [0.25, 0.3) is 0 Å². The number of hydrogen-bond donors (Lipinski definition) is 1. The summed E-state index contributed by atoms with van der Waals surface area (Å²) in [6, 6.07) is 14.4. The van der Waals surface area contributed by atoms with E-state index in [9.17, 15) is 13.2 Å². The predicted molar refractivity (Wildman–Crippen MR) is 110 cm³/mol. The second-order valence-corrected chi connectivity index (χ2v) is 9.77. The molecule has 7 heteroatoms. The summed E-state index contributed by atoms with van der Waals surface area (Å²) in [4.78, 5) is 12.9. The molecule has 1 fully saturated rings. The van der Waals surface area contributed by atoms with Gasteiger partial charge in [-0.3, -0.25) is 4.79 Å². The zero-order valence-electron chi connectivity index (χ0n) is 16.6. The van der Waals surface area contributed by atoms with Gasteiger partial charge in [0.2, 0.25) is 10.0 Å².